The highest BCUT2D eigenvalue weighted by Crippen LogP contribution is 2.35. The zero-order valence-electron chi connectivity index (χ0n) is 14.3. The summed E-state index contributed by atoms with van der Waals surface area (Å²) < 4.78 is 25.4. The van der Waals surface area contributed by atoms with Gasteiger partial charge in [0, 0.05) is 24.8 Å². The molecular weight excluding hydrogens is 336 g/mol. The number of methoxy groups -OCH3 is 1. The van der Waals surface area contributed by atoms with E-state index in [1.807, 2.05) is 65.5 Å². The molecule has 3 heterocycles. The highest BCUT2D eigenvalue weighted by Gasteiger charge is 2.52. The molecule has 2 aliphatic heterocycles. The van der Waals surface area contributed by atoms with E-state index in [9.17, 15) is 5.21 Å². The molecule has 2 saturated heterocycles. The Bertz CT molecular complexity index is 755. The van der Waals surface area contributed by atoms with E-state index in [1.54, 1.807) is 7.11 Å². The number of ether oxygens (including phenoxy) is 4. The molecule has 1 aromatic carbocycles. The Kier molecular flexibility index (Phi) is 4.94. The first kappa shape index (κ1) is 17.1. The van der Waals surface area contributed by atoms with Crippen LogP contribution < -0.4 is 4.57 Å². The summed E-state index contributed by atoms with van der Waals surface area (Å²) in [6.45, 7) is 0.315. The van der Waals surface area contributed by atoms with Crippen LogP contribution in [-0.4, -0.2) is 43.1 Å². The Balaban J connectivity index is 1.65. The number of hydrogen-bond acceptors (Lipinski definition) is 6. The molecule has 4 rings (SSSR count). The van der Waals surface area contributed by atoms with Crippen molar-refractivity contribution in [3.8, 4) is 0 Å². The van der Waals surface area contributed by atoms with Gasteiger partial charge in [-0.2, -0.15) is 4.57 Å². The van der Waals surface area contributed by atoms with Crippen molar-refractivity contribution in [2.45, 2.75) is 30.8 Å². The molecule has 5 unspecified atom stereocenters. The van der Waals surface area contributed by atoms with Crippen LogP contribution in [0, 0.1) is 0 Å². The zero-order valence-corrected chi connectivity index (χ0v) is 14.3. The van der Waals surface area contributed by atoms with Crippen molar-refractivity contribution in [1.29, 1.82) is 0 Å². The second kappa shape index (κ2) is 7.51. The third-order valence-electron chi connectivity index (χ3n) is 4.66. The van der Waals surface area contributed by atoms with Crippen molar-refractivity contribution in [2.75, 3.05) is 13.7 Å². The summed E-state index contributed by atoms with van der Waals surface area (Å²) in [6, 6.07) is 14.9. The molecule has 1 aromatic heterocycles. The van der Waals surface area contributed by atoms with Crippen LogP contribution >= 0.6 is 0 Å². The Morgan fingerprint density at radius 1 is 1.08 bits per heavy atom. The normalized spacial score (nSPS) is 33.0. The average molecular weight is 357 g/mol. The molecule has 2 fully saturated rings. The predicted molar refractivity (Wildman–Crippen MR) is 90.6 cm³/mol. The first-order chi connectivity index (χ1) is 12.8. The minimum atomic E-state index is -0.616. The molecule has 26 heavy (non-hydrogen) atoms. The van der Waals surface area contributed by atoms with E-state index in [0.717, 1.165) is 5.56 Å². The highest BCUT2D eigenvalue weighted by molar-refractivity contribution is 5.92. The molecule has 0 bridgehead atoms. The van der Waals surface area contributed by atoms with E-state index in [0.29, 0.717) is 12.3 Å². The van der Waals surface area contributed by atoms with Crippen molar-refractivity contribution in [3.63, 3.8) is 0 Å². The molecule has 0 amide bonds. The number of nitrogens with zero attached hydrogens (tertiary/aromatic N) is 2. The number of pyridine rings is 1. The van der Waals surface area contributed by atoms with Crippen molar-refractivity contribution in [1.82, 2.24) is 0 Å². The zero-order chi connectivity index (χ0) is 17.9. The number of benzene rings is 1. The number of rotatable bonds is 3. The summed E-state index contributed by atoms with van der Waals surface area (Å²) in [6.07, 6.45) is 1.64. The quantitative estimate of drug-likeness (QED) is 0.515. The predicted octanol–water partition coefficient (Wildman–Crippen LogP) is 1.83. The van der Waals surface area contributed by atoms with Gasteiger partial charge in [0.25, 0.3) is 6.04 Å². The van der Waals surface area contributed by atoms with Crippen LogP contribution in [0.3, 0.4) is 0 Å². The third-order valence-corrected chi connectivity index (χ3v) is 4.66. The number of hydrogen-bond donors (Lipinski definition) is 1. The van der Waals surface area contributed by atoms with Gasteiger partial charge >= 0.3 is 0 Å². The fourth-order valence-electron chi connectivity index (χ4n) is 3.43. The largest absolute Gasteiger partial charge is 0.411 e. The maximum atomic E-state index is 9.77. The lowest BCUT2D eigenvalue weighted by Crippen LogP contribution is -2.63. The third kappa shape index (κ3) is 3.10. The molecule has 5 atom stereocenters. The van der Waals surface area contributed by atoms with Gasteiger partial charge in [0.15, 0.2) is 24.4 Å². The lowest BCUT2D eigenvalue weighted by Gasteiger charge is -2.42. The van der Waals surface area contributed by atoms with E-state index >= 15 is 0 Å². The summed E-state index contributed by atoms with van der Waals surface area (Å²) in [5.41, 5.74) is 1.36. The van der Waals surface area contributed by atoms with E-state index in [4.69, 9.17) is 18.9 Å². The van der Waals surface area contributed by atoms with Crippen LogP contribution in [0.4, 0.5) is 0 Å². The minimum absolute atomic E-state index is 0.315. The van der Waals surface area contributed by atoms with Gasteiger partial charge in [0.2, 0.25) is 6.29 Å². The van der Waals surface area contributed by atoms with Crippen molar-refractivity contribution >= 4 is 5.71 Å². The van der Waals surface area contributed by atoms with Crippen LogP contribution in [0.25, 0.3) is 0 Å². The van der Waals surface area contributed by atoms with Gasteiger partial charge < -0.3 is 24.2 Å². The molecule has 7 nitrogen and oxygen atoms in total. The molecule has 1 N–H and O–H groups in total. The maximum Gasteiger partial charge on any atom is 0.252 e. The first-order valence-corrected chi connectivity index (χ1v) is 8.49. The highest BCUT2D eigenvalue weighted by atomic mass is 16.7. The summed E-state index contributed by atoms with van der Waals surface area (Å²) in [4.78, 5) is 0. The van der Waals surface area contributed by atoms with Crippen molar-refractivity contribution in [2.24, 2.45) is 5.16 Å². The smallest absolute Gasteiger partial charge is 0.252 e. The molecule has 136 valence electrons. The molecule has 0 spiro atoms. The maximum absolute atomic E-state index is 9.77. The molecular formula is C19H21N2O5+. The van der Waals surface area contributed by atoms with E-state index in [2.05, 4.69) is 5.16 Å². The second-order valence-electron chi connectivity index (χ2n) is 6.20. The Morgan fingerprint density at radius 2 is 1.81 bits per heavy atom. The van der Waals surface area contributed by atoms with Crippen LogP contribution in [-0.2, 0) is 18.9 Å². The van der Waals surface area contributed by atoms with Gasteiger partial charge in [-0.05, 0) is 0 Å². The van der Waals surface area contributed by atoms with Gasteiger partial charge in [0.05, 0.1) is 6.61 Å². The topological polar surface area (TPSA) is 73.4 Å². The summed E-state index contributed by atoms with van der Waals surface area (Å²) in [5.74, 6) is 0. The SMILES string of the molecule is COC1OC2COC(c3ccccc3)OC2C(=NO)C1[n+]1ccccc1. The Labute approximate surface area is 151 Å². The van der Waals surface area contributed by atoms with Crippen LogP contribution in [0.15, 0.2) is 66.1 Å². The number of aromatic nitrogens is 1. The van der Waals surface area contributed by atoms with Crippen LogP contribution in [0.1, 0.15) is 17.9 Å². The van der Waals surface area contributed by atoms with Gasteiger partial charge in [-0.3, -0.25) is 0 Å². The van der Waals surface area contributed by atoms with Crippen molar-refractivity contribution < 1.29 is 28.7 Å². The molecule has 2 aliphatic rings. The number of oxime groups is 1. The fraction of sp³-hybridized carbons (Fsp3) is 0.368. The monoisotopic (exact) mass is 357 g/mol. The van der Waals surface area contributed by atoms with E-state index in [1.165, 1.54) is 0 Å². The van der Waals surface area contributed by atoms with Crippen molar-refractivity contribution in [3.05, 3.63) is 66.5 Å². The van der Waals surface area contributed by atoms with Gasteiger partial charge in [-0.15, -0.1) is 0 Å². The molecule has 0 aliphatic carbocycles. The second-order valence-corrected chi connectivity index (χ2v) is 6.20. The van der Waals surface area contributed by atoms with Crippen LogP contribution in [0.5, 0.6) is 0 Å². The van der Waals surface area contributed by atoms with Gasteiger partial charge in [-0.1, -0.05) is 41.6 Å². The molecule has 0 radical (unpaired) electrons. The number of fused-ring (bicyclic) bond motifs is 1. The fourth-order valence-corrected chi connectivity index (χ4v) is 3.43. The molecule has 0 saturated carbocycles. The summed E-state index contributed by atoms with van der Waals surface area (Å²) in [5, 5.41) is 13.3. The van der Waals surface area contributed by atoms with E-state index < -0.39 is 30.8 Å². The van der Waals surface area contributed by atoms with Crippen LogP contribution in [0.2, 0.25) is 0 Å². The minimum Gasteiger partial charge on any atom is -0.411 e. The average Bonchev–Trinajstić information content (AvgIpc) is 2.73. The lowest BCUT2D eigenvalue weighted by atomic mass is 9.96. The van der Waals surface area contributed by atoms with Gasteiger partial charge in [0.1, 0.15) is 12.2 Å². The summed E-state index contributed by atoms with van der Waals surface area (Å²) in [7, 11) is 1.56. The van der Waals surface area contributed by atoms with E-state index in [-0.39, 0.29) is 0 Å². The molecule has 7 heteroatoms. The Morgan fingerprint density at radius 3 is 2.50 bits per heavy atom. The molecule has 2 aromatic rings. The standard InChI is InChI=1S/C19H20N2O5/c1-23-19-16(21-10-6-3-7-11-21)15(20-22)17-14(25-19)12-24-18(26-17)13-8-4-2-5-9-13/h2-11,14,16-19H,12H2,1H3/p+1. The first-order valence-electron chi connectivity index (χ1n) is 8.49. The van der Waals surface area contributed by atoms with Gasteiger partial charge in [-0.25, -0.2) is 0 Å². The summed E-state index contributed by atoms with van der Waals surface area (Å²) >= 11 is 0. The lowest BCUT2D eigenvalue weighted by molar-refractivity contribution is -0.724. The Hall–Kier alpha value is -2.32.